The fourth-order valence-corrected chi connectivity index (χ4v) is 4.91. The molecular weight excluding hydrogens is 424 g/mol. The minimum absolute atomic E-state index is 0.0732. The molecule has 1 fully saturated rings. The smallest absolute Gasteiger partial charge is 0.387 e. The summed E-state index contributed by atoms with van der Waals surface area (Å²) in [6, 6.07) is 12.6. The van der Waals surface area contributed by atoms with Gasteiger partial charge in [-0.2, -0.15) is 18.3 Å². The van der Waals surface area contributed by atoms with Gasteiger partial charge in [0.05, 0.1) is 21.6 Å². The summed E-state index contributed by atoms with van der Waals surface area (Å²) in [5, 5.41) is 8.71. The normalized spacial score (nSPS) is 15.8. The molecule has 0 aromatic heterocycles. The maximum Gasteiger partial charge on any atom is 0.387 e. The zero-order valence-corrected chi connectivity index (χ0v) is 16.8. The Morgan fingerprint density at radius 1 is 1.07 bits per heavy atom. The number of hydrogen-bond donors (Lipinski definition) is 0. The van der Waals surface area contributed by atoms with Gasteiger partial charge in [-0.1, -0.05) is 11.6 Å². The lowest BCUT2D eigenvalue weighted by Gasteiger charge is -2.23. The SMILES string of the molecule is N#Cc1ccc(N2CCCN(S(=O)(=O)c3ccc(OC(F)F)c(Cl)c3)CC2)cc1. The molecule has 0 N–H and O–H groups in total. The van der Waals surface area contributed by atoms with Crippen LogP contribution in [0.3, 0.4) is 0 Å². The molecule has 0 aliphatic carbocycles. The lowest BCUT2D eigenvalue weighted by molar-refractivity contribution is -0.0498. The van der Waals surface area contributed by atoms with Crippen LogP contribution >= 0.6 is 11.6 Å². The largest absolute Gasteiger partial charge is 0.433 e. The van der Waals surface area contributed by atoms with Crippen LogP contribution in [0, 0.1) is 11.3 Å². The van der Waals surface area contributed by atoms with Crippen molar-refractivity contribution in [3.8, 4) is 11.8 Å². The number of benzene rings is 2. The number of rotatable bonds is 5. The fraction of sp³-hybridized carbons (Fsp3) is 0.316. The van der Waals surface area contributed by atoms with Crippen molar-refractivity contribution in [2.75, 3.05) is 31.1 Å². The van der Waals surface area contributed by atoms with Crippen LogP contribution in [0.4, 0.5) is 14.5 Å². The zero-order chi connectivity index (χ0) is 21.0. The van der Waals surface area contributed by atoms with Crippen LogP contribution < -0.4 is 9.64 Å². The van der Waals surface area contributed by atoms with E-state index in [0.29, 0.717) is 31.6 Å². The molecule has 0 unspecified atom stereocenters. The second kappa shape index (κ2) is 8.95. The summed E-state index contributed by atoms with van der Waals surface area (Å²) in [5.41, 5.74) is 1.48. The van der Waals surface area contributed by atoms with Gasteiger partial charge in [0.15, 0.2) is 0 Å². The van der Waals surface area contributed by atoms with Gasteiger partial charge in [0.2, 0.25) is 10.0 Å². The highest BCUT2D eigenvalue weighted by atomic mass is 35.5. The van der Waals surface area contributed by atoms with Crippen LogP contribution in [-0.2, 0) is 10.0 Å². The van der Waals surface area contributed by atoms with E-state index in [-0.39, 0.29) is 22.2 Å². The first-order valence-corrected chi connectivity index (χ1v) is 10.6. The van der Waals surface area contributed by atoms with E-state index in [1.807, 2.05) is 12.1 Å². The van der Waals surface area contributed by atoms with Crippen molar-refractivity contribution in [2.24, 2.45) is 0 Å². The van der Waals surface area contributed by atoms with E-state index in [9.17, 15) is 17.2 Å². The van der Waals surface area contributed by atoms with Gasteiger partial charge in [-0.25, -0.2) is 8.42 Å². The molecule has 0 spiro atoms. The summed E-state index contributed by atoms with van der Waals surface area (Å²) in [5.74, 6) is -0.275. The van der Waals surface area contributed by atoms with Crippen molar-refractivity contribution in [1.82, 2.24) is 4.31 Å². The molecule has 0 bridgehead atoms. The quantitative estimate of drug-likeness (QED) is 0.707. The molecule has 2 aromatic carbocycles. The molecule has 154 valence electrons. The van der Waals surface area contributed by atoms with Crippen LogP contribution in [0.25, 0.3) is 0 Å². The third-order valence-electron chi connectivity index (χ3n) is 4.57. The zero-order valence-electron chi connectivity index (χ0n) is 15.3. The third kappa shape index (κ3) is 4.96. The van der Waals surface area contributed by atoms with E-state index in [2.05, 4.69) is 15.7 Å². The van der Waals surface area contributed by atoms with Crippen molar-refractivity contribution in [1.29, 1.82) is 5.26 Å². The number of hydrogen-bond acceptors (Lipinski definition) is 5. The lowest BCUT2D eigenvalue weighted by Crippen LogP contribution is -2.35. The molecule has 6 nitrogen and oxygen atoms in total. The Hall–Kier alpha value is -2.41. The Kier molecular flexibility index (Phi) is 6.57. The van der Waals surface area contributed by atoms with Gasteiger partial charge in [0.25, 0.3) is 0 Å². The van der Waals surface area contributed by atoms with E-state index >= 15 is 0 Å². The standard InChI is InChI=1S/C19H18ClF2N3O3S/c20-17-12-16(6-7-18(17)28-19(21)22)29(26,27)25-9-1-8-24(10-11-25)15-4-2-14(13-23)3-5-15/h2-7,12,19H,1,8-11H2. The van der Waals surface area contributed by atoms with Gasteiger partial charge in [0, 0.05) is 31.9 Å². The van der Waals surface area contributed by atoms with Crippen LogP contribution in [-0.4, -0.2) is 45.5 Å². The second-order valence-electron chi connectivity index (χ2n) is 6.37. The van der Waals surface area contributed by atoms with Gasteiger partial charge in [-0.15, -0.1) is 0 Å². The van der Waals surface area contributed by atoms with E-state index in [1.54, 1.807) is 12.1 Å². The first-order chi connectivity index (χ1) is 13.8. The predicted molar refractivity (Wildman–Crippen MR) is 105 cm³/mol. The third-order valence-corrected chi connectivity index (χ3v) is 6.76. The highest BCUT2D eigenvalue weighted by Crippen LogP contribution is 2.30. The molecule has 1 aliphatic rings. The molecule has 1 aliphatic heterocycles. The molecule has 2 aromatic rings. The molecule has 3 rings (SSSR count). The minimum Gasteiger partial charge on any atom is -0.433 e. The number of ether oxygens (including phenoxy) is 1. The molecular formula is C19H18ClF2N3O3S. The van der Waals surface area contributed by atoms with Gasteiger partial charge >= 0.3 is 6.61 Å². The minimum atomic E-state index is -3.83. The van der Waals surface area contributed by atoms with E-state index < -0.39 is 16.6 Å². The molecule has 0 radical (unpaired) electrons. The van der Waals surface area contributed by atoms with Crippen LogP contribution in [0.5, 0.6) is 5.75 Å². The molecule has 0 saturated carbocycles. The Balaban J connectivity index is 1.74. The highest BCUT2D eigenvalue weighted by molar-refractivity contribution is 7.89. The van der Waals surface area contributed by atoms with E-state index in [0.717, 1.165) is 17.8 Å². The fourth-order valence-electron chi connectivity index (χ4n) is 3.12. The lowest BCUT2D eigenvalue weighted by atomic mass is 10.2. The number of halogens is 3. The van der Waals surface area contributed by atoms with Crippen molar-refractivity contribution in [2.45, 2.75) is 17.9 Å². The van der Waals surface area contributed by atoms with E-state index in [4.69, 9.17) is 16.9 Å². The predicted octanol–water partition coefficient (Wildman–Crippen LogP) is 3.71. The molecule has 0 atom stereocenters. The number of nitrogens with zero attached hydrogens (tertiary/aromatic N) is 3. The first kappa shape index (κ1) is 21.3. The average molecular weight is 442 g/mol. The summed E-state index contributed by atoms with van der Waals surface area (Å²) >= 11 is 5.91. The first-order valence-electron chi connectivity index (χ1n) is 8.81. The van der Waals surface area contributed by atoms with Crippen molar-refractivity contribution in [3.63, 3.8) is 0 Å². The van der Waals surface area contributed by atoms with Crippen LogP contribution in [0.15, 0.2) is 47.4 Å². The average Bonchev–Trinajstić information content (AvgIpc) is 2.96. The Bertz CT molecular complexity index is 1010. The summed E-state index contributed by atoms with van der Waals surface area (Å²) in [4.78, 5) is 1.99. The molecule has 10 heteroatoms. The van der Waals surface area contributed by atoms with Gasteiger partial charge < -0.3 is 9.64 Å². The highest BCUT2D eigenvalue weighted by Gasteiger charge is 2.28. The molecule has 29 heavy (non-hydrogen) atoms. The van der Waals surface area contributed by atoms with Gasteiger partial charge in [0.1, 0.15) is 5.75 Å². The van der Waals surface area contributed by atoms with Crippen LogP contribution in [0.2, 0.25) is 5.02 Å². The molecule has 0 amide bonds. The summed E-state index contributed by atoms with van der Waals surface area (Å²) in [6.45, 7) is -1.32. The van der Waals surface area contributed by atoms with Crippen molar-refractivity contribution < 1.29 is 21.9 Å². The Morgan fingerprint density at radius 3 is 2.41 bits per heavy atom. The topological polar surface area (TPSA) is 73.6 Å². The number of sulfonamides is 1. The van der Waals surface area contributed by atoms with Crippen molar-refractivity contribution in [3.05, 3.63) is 53.1 Å². The summed E-state index contributed by atoms with van der Waals surface area (Å²) < 4.78 is 56.3. The summed E-state index contributed by atoms with van der Waals surface area (Å²) in [6.07, 6.45) is 0.611. The Morgan fingerprint density at radius 2 is 1.79 bits per heavy atom. The van der Waals surface area contributed by atoms with E-state index in [1.165, 1.54) is 10.4 Å². The maximum atomic E-state index is 13.0. The summed E-state index contributed by atoms with van der Waals surface area (Å²) in [7, 11) is -3.83. The van der Waals surface area contributed by atoms with Crippen LogP contribution in [0.1, 0.15) is 12.0 Å². The second-order valence-corrected chi connectivity index (χ2v) is 8.72. The monoisotopic (exact) mass is 441 g/mol. The molecule has 1 heterocycles. The number of anilines is 1. The number of nitriles is 1. The Labute approximate surface area is 172 Å². The van der Waals surface area contributed by atoms with Gasteiger partial charge in [-0.05, 0) is 48.9 Å². The van der Waals surface area contributed by atoms with Crippen molar-refractivity contribution >= 4 is 27.3 Å². The molecule has 1 saturated heterocycles. The number of alkyl halides is 2. The maximum absolute atomic E-state index is 13.0. The van der Waals surface area contributed by atoms with Gasteiger partial charge in [-0.3, -0.25) is 0 Å².